The largest absolute Gasteiger partial charge is 0.474 e. The Balaban J connectivity index is 2.10. The zero-order valence-corrected chi connectivity index (χ0v) is 16.5. The van der Waals surface area contributed by atoms with Crippen LogP contribution in [0.3, 0.4) is 0 Å². The van der Waals surface area contributed by atoms with Gasteiger partial charge >= 0.3 is 6.18 Å². The summed E-state index contributed by atoms with van der Waals surface area (Å²) in [7, 11) is 0. The van der Waals surface area contributed by atoms with Crippen LogP contribution in [0.2, 0.25) is 10.0 Å². The van der Waals surface area contributed by atoms with Crippen molar-refractivity contribution in [2.75, 3.05) is 11.9 Å². The summed E-state index contributed by atoms with van der Waals surface area (Å²) in [5.41, 5.74) is -0.199. The van der Waals surface area contributed by atoms with Crippen molar-refractivity contribution in [2.45, 2.75) is 45.8 Å². The number of hydrogen-bond acceptors (Lipinski definition) is 5. The van der Waals surface area contributed by atoms with E-state index in [0.29, 0.717) is 35.7 Å². The lowest BCUT2D eigenvalue weighted by atomic mass is 10.2. The molecule has 2 heterocycles. The van der Waals surface area contributed by atoms with Crippen LogP contribution in [0.5, 0.6) is 5.88 Å². The lowest BCUT2D eigenvalue weighted by Crippen LogP contribution is -2.27. The van der Waals surface area contributed by atoms with Gasteiger partial charge in [0.05, 0.1) is 17.3 Å². The topological polar surface area (TPSA) is 59.9 Å². The van der Waals surface area contributed by atoms with Crippen LogP contribution >= 0.6 is 23.2 Å². The van der Waals surface area contributed by atoms with Crippen molar-refractivity contribution in [1.29, 1.82) is 0 Å². The molecule has 2 aromatic heterocycles. The maximum absolute atomic E-state index is 12.7. The Morgan fingerprint density at radius 3 is 2.48 bits per heavy atom. The molecule has 1 atom stereocenters. The molecule has 0 fully saturated rings. The molecule has 0 aliphatic heterocycles. The third kappa shape index (κ3) is 5.59. The molecule has 1 N–H and O–H groups in total. The van der Waals surface area contributed by atoms with Gasteiger partial charge < -0.3 is 10.1 Å². The summed E-state index contributed by atoms with van der Waals surface area (Å²) in [5, 5.41) is 3.41. The van der Waals surface area contributed by atoms with E-state index in [1.54, 1.807) is 6.92 Å². The number of aromatic nitrogens is 3. The van der Waals surface area contributed by atoms with Crippen LogP contribution in [-0.2, 0) is 12.6 Å². The minimum atomic E-state index is -4.51. The summed E-state index contributed by atoms with van der Waals surface area (Å²) in [6.45, 7) is 5.75. The van der Waals surface area contributed by atoms with E-state index in [2.05, 4.69) is 20.3 Å². The lowest BCUT2D eigenvalue weighted by molar-refractivity contribution is -0.137. The number of rotatable bonds is 7. The second kappa shape index (κ2) is 8.93. The van der Waals surface area contributed by atoms with Crippen LogP contribution < -0.4 is 10.1 Å². The zero-order valence-electron chi connectivity index (χ0n) is 15.0. The molecule has 0 saturated carbocycles. The van der Waals surface area contributed by atoms with E-state index < -0.39 is 11.7 Å². The van der Waals surface area contributed by atoms with Crippen molar-refractivity contribution in [3.05, 3.63) is 39.4 Å². The predicted molar refractivity (Wildman–Crippen MR) is 98.6 cm³/mol. The summed E-state index contributed by atoms with van der Waals surface area (Å²) >= 11 is 12.2. The molecule has 5 nitrogen and oxygen atoms in total. The van der Waals surface area contributed by atoms with Crippen molar-refractivity contribution in [3.8, 4) is 5.88 Å². The molecule has 1 unspecified atom stereocenters. The van der Waals surface area contributed by atoms with Crippen LogP contribution in [0.1, 0.15) is 37.4 Å². The first-order valence-electron chi connectivity index (χ1n) is 8.30. The number of alkyl halides is 3. The average molecular weight is 423 g/mol. The van der Waals surface area contributed by atoms with Gasteiger partial charge in [-0.15, -0.1) is 0 Å². The van der Waals surface area contributed by atoms with Crippen molar-refractivity contribution in [1.82, 2.24) is 15.0 Å². The second-order valence-electron chi connectivity index (χ2n) is 5.80. The van der Waals surface area contributed by atoms with E-state index in [0.717, 1.165) is 11.8 Å². The van der Waals surface area contributed by atoms with E-state index in [-0.39, 0.29) is 23.6 Å². The van der Waals surface area contributed by atoms with E-state index in [9.17, 15) is 13.2 Å². The number of halogens is 5. The Hall–Kier alpha value is -1.80. The number of ether oxygens (including phenoxy) is 1. The summed E-state index contributed by atoms with van der Waals surface area (Å²) in [5.74, 6) is 1.01. The highest BCUT2D eigenvalue weighted by molar-refractivity contribution is 6.33. The molecule has 0 aliphatic rings. The van der Waals surface area contributed by atoms with Crippen molar-refractivity contribution >= 4 is 29.0 Å². The van der Waals surface area contributed by atoms with Gasteiger partial charge in [-0.3, -0.25) is 0 Å². The van der Waals surface area contributed by atoms with Gasteiger partial charge in [0.2, 0.25) is 5.88 Å². The number of nitrogens with one attached hydrogen (secondary N) is 1. The number of hydrogen-bond donors (Lipinski definition) is 1. The van der Waals surface area contributed by atoms with Crippen LogP contribution in [0, 0.1) is 6.92 Å². The summed E-state index contributed by atoms with van der Waals surface area (Å²) in [6.07, 6.45) is -2.51. The van der Waals surface area contributed by atoms with Crippen LogP contribution in [0.15, 0.2) is 12.3 Å². The fourth-order valence-electron chi connectivity index (χ4n) is 2.27. The molecule has 0 bridgehead atoms. The van der Waals surface area contributed by atoms with Gasteiger partial charge in [0.1, 0.15) is 28.3 Å². The van der Waals surface area contributed by atoms with Gasteiger partial charge in [-0.25, -0.2) is 15.0 Å². The molecule has 0 radical (unpaired) electrons. The monoisotopic (exact) mass is 422 g/mol. The van der Waals surface area contributed by atoms with Gasteiger partial charge in [-0.05, 0) is 25.8 Å². The van der Waals surface area contributed by atoms with Gasteiger partial charge in [0.25, 0.3) is 0 Å². The SMILES string of the molecule is CCc1nc(C)nc(NC(CC)COc2ncc(C(F)(F)F)cc2Cl)c1Cl. The van der Waals surface area contributed by atoms with Gasteiger partial charge in [0.15, 0.2) is 0 Å². The van der Waals surface area contributed by atoms with Gasteiger partial charge in [-0.2, -0.15) is 13.2 Å². The molecule has 27 heavy (non-hydrogen) atoms. The average Bonchev–Trinajstić information content (AvgIpc) is 2.60. The quantitative estimate of drug-likeness (QED) is 0.652. The van der Waals surface area contributed by atoms with Crippen LogP contribution in [0.25, 0.3) is 0 Å². The molecular formula is C17H19Cl2F3N4O. The molecule has 148 valence electrons. The first-order valence-corrected chi connectivity index (χ1v) is 9.06. The normalized spacial score (nSPS) is 12.7. The maximum Gasteiger partial charge on any atom is 0.417 e. The third-order valence-electron chi connectivity index (χ3n) is 3.76. The molecule has 0 spiro atoms. The maximum atomic E-state index is 12.7. The number of aryl methyl sites for hydroxylation is 2. The highest BCUT2D eigenvalue weighted by Crippen LogP contribution is 2.33. The first kappa shape index (κ1) is 21.5. The molecule has 10 heteroatoms. The molecule has 2 rings (SSSR count). The summed E-state index contributed by atoms with van der Waals surface area (Å²) in [4.78, 5) is 12.3. The summed E-state index contributed by atoms with van der Waals surface area (Å²) < 4.78 is 43.5. The number of nitrogens with zero attached hydrogens (tertiary/aromatic N) is 3. The predicted octanol–water partition coefficient (Wildman–Crippen LogP) is 5.34. The Morgan fingerprint density at radius 1 is 1.22 bits per heavy atom. The number of pyridine rings is 1. The molecule has 0 amide bonds. The van der Waals surface area contributed by atoms with Crippen LogP contribution in [-0.4, -0.2) is 27.6 Å². The van der Waals surface area contributed by atoms with E-state index in [4.69, 9.17) is 27.9 Å². The molecule has 0 aliphatic carbocycles. The van der Waals surface area contributed by atoms with Crippen molar-refractivity contribution in [3.63, 3.8) is 0 Å². The third-order valence-corrected chi connectivity index (χ3v) is 4.42. The Kier molecular flexibility index (Phi) is 7.11. The van der Waals surface area contributed by atoms with Gasteiger partial charge in [0, 0.05) is 6.20 Å². The minimum absolute atomic E-state index is 0.0656. The molecule has 0 saturated heterocycles. The summed E-state index contributed by atoms with van der Waals surface area (Å²) in [6, 6.07) is 0.581. The Morgan fingerprint density at radius 2 is 1.93 bits per heavy atom. The van der Waals surface area contributed by atoms with Gasteiger partial charge in [-0.1, -0.05) is 37.0 Å². The highest BCUT2D eigenvalue weighted by Gasteiger charge is 2.31. The van der Waals surface area contributed by atoms with E-state index in [1.165, 1.54) is 0 Å². The zero-order chi connectivity index (χ0) is 20.2. The Labute approximate surface area is 165 Å². The van der Waals surface area contributed by atoms with Crippen LogP contribution in [0.4, 0.5) is 19.0 Å². The smallest absolute Gasteiger partial charge is 0.417 e. The fraction of sp³-hybridized carbons (Fsp3) is 0.471. The number of anilines is 1. The minimum Gasteiger partial charge on any atom is -0.474 e. The van der Waals surface area contributed by atoms with Crippen molar-refractivity contribution in [2.24, 2.45) is 0 Å². The molecule has 0 aromatic carbocycles. The molecule has 2 aromatic rings. The fourth-order valence-corrected chi connectivity index (χ4v) is 2.76. The second-order valence-corrected chi connectivity index (χ2v) is 6.59. The van der Waals surface area contributed by atoms with E-state index >= 15 is 0 Å². The molecular weight excluding hydrogens is 404 g/mol. The standard InChI is InChI=1S/C17H19Cl2F3N4O/c1-4-11(26-15-14(19)13(5-2)24-9(3)25-15)8-27-16-12(18)6-10(7-23-16)17(20,21)22/h6-7,11H,4-5,8H2,1-3H3,(H,24,25,26). The highest BCUT2D eigenvalue weighted by atomic mass is 35.5. The first-order chi connectivity index (χ1) is 12.7. The van der Waals surface area contributed by atoms with Crippen molar-refractivity contribution < 1.29 is 17.9 Å². The lowest BCUT2D eigenvalue weighted by Gasteiger charge is -2.20. The Bertz CT molecular complexity index is 802. The van der Waals surface area contributed by atoms with E-state index in [1.807, 2.05) is 13.8 Å².